The molecule has 0 radical (unpaired) electrons. The summed E-state index contributed by atoms with van der Waals surface area (Å²) in [5, 5.41) is 7.12. The highest BCUT2D eigenvalue weighted by Gasteiger charge is 2.37. The smallest absolute Gasteiger partial charge is 0.326 e. The van der Waals surface area contributed by atoms with Gasteiger partial charge in [-0.25, -0.2) is 9.80 Å². The average Bonchev–Trinajstić information content (AvgIpc) is 3.53. The molecule has 2 aliphatic heterocycles. The van der Waals surface area contributed by atoms with E-state index in [1.165, 1.54) is 0 Å². The Hall–Kier alpha value is -3.10. The molecule has 3 fully saturated rings. The highest BCUT2D eigenvalue weighted by Crippen LogP contribution is 2.30. The predicted molar refractivity (Wildman–Crippen MR) is 147 cm³/mol. The van der Waals surface area contributed by atoms with Crippen molar-refractivity contribution in [1.29, 1.82) is 0 Å². The molecule has 0 unspecified atom stereocenters. The van der Waals surface area contributed by atoms with Crippen molar-refractivity contribution >= 4 is 23.7 Å². The number of rotatable bonds is 4. The molecule has 3 aliphatic rings. The van der Waals surface area contributed by atoms with Crippen LogP contribution in [0.15, 0.2) is 45.2 Å². The SMILES string of the molecule is CC.C\C=C/C=C1/CCN(C(C)=O)/C1=C(/C)NC(=NCC)/N=C1\CN(C)C(=O)N(C)N1C1CCCC1. The molecule has 9 nitrogen and oxygen atoms in total. The minimum Gasteiger partial charge on any atom is -0.326 e. The van der Waals surface area contributed by atoms with Crippen LogP contribution in [0.3, 0.4) is 0 Å². The third kappa shape index (κ3) is 6.77. The summed E-state index contributed by atoms with van der Waals surface area (Å²) in [4.78, 5) is 38.0. The number of hydrazine groups is 1. The number of likely N-dealkylation sites (N-methyl/N-ethyl adjacent to an activating group) is 1. The molecule has 1 aliphatic carbocycles. The fraction of sp³-hybridized carbons (Fsp3) is 0.630. The van der Waals surface area contributed by atoms with Gasteiger partial charge in [0.05, 0.1) is 18.3 Å². The monoisotopic (exact) mass is 499 g/mol. The van der Waals surface area contributed by atoms with Gasteiger partial charge in [0.1, 0.15) is 5.84 Å². The zero-order valence-electron chi connectivity index (χ0n) is 23.5. The molecular formula is C27H45N7O2. The number of amides is 3. The van der Waals surface area contributed by atoms with Crippen molar-refractivity contribution in [2.45, 2.75) is 79.7 Å². The van der Waals surface area contributed by atoms with E-state index in [1.807, 2.05) is 53.8 Å². The van der Waals surface area contributed by atoms with Crippen LogP contribution in [0, 0.1) is 0 Å². The maximum Gasteiger partial charge on any atom is 0.338 e. The number of allylic oxidation sites excluding steroid dienone is 5. The van der Waals surface area contributed by atoms with Crippen LogP contribution >= 0.6 is 0 Å². The third-order valence-corrected chi connectivity index (χ3v) is 6.49. The van der Waals surface area contributed by atoms with Gasteiger partial charge in [-0.3, -0.25) is 14.8 Å². The summed E-state index contributed by atoms with van der Waals surface area (Å²) in [7, 11) is 3.60. The van der Waals surface area contributed by atoms with Crippen molar-refractivity contribution in [2.24, 2.45) is 9.98 Å². The van der Waals surface area contributed by atoms with Crippen LogP contribution in [0.4, 0.5) is 4.79 Å². The first kappa shape index (κ1) is 29.1. The normalized spacial score (nSPS) is 23.2. The molecule has 0 aromatic heterocycles. The van der Waals surface area contributed by atoms with Gasteiger partial charge >= 0.3 is 6.03 Å². The number of likely N-dealkylation sites (tertiary alicyclic amines) is 1. The van der Waals surface area contributed by atoms with E-state index in [0.29, 0.717) is 25.6 Å². The zero-order valence-corrected chi connectivity index (χ0v) is 23.5. The molecular weight excluding hydrogens is 454 g/mol. The second-order valence-electron chi connectivity index (χ2n) is 9.01. The van der Waals surface area contributed by atoms with Crippen molar-refractivity contribution in [1.82, 2.24) is 25.1 Å². The van der Waals surface area contributed by atoms with Gasteiger partial charge in [0.15, 0.2) is 0 Å². The summed E-state index contributed by atoms with van der Waals surface area (Å²) < 4.78 is 0. The molecule has 2 saturated heterocycles. The molecule has 200 valence electrons. The van der Waals surface area contributed by atoms with Gasteiger partial charge in [-0.2, -0.15) is 4.99 Å². The maximum atomic E-state index is 12.7. The highest BCUT2D eigenvalue weighted by atomic mass is 16.2. The Kier molecular flexibility index (Phi) is 11.2. The lowest BCUT2D eigenvalue weighted by atomic mass is 10.1. The number of hydrogen-bond donors (Lipinski definition) is 1. The van der Waals surface area contributed by atoms with Crippen LogP contribution in [0.1, 0.15) is 73.6 Å². The molecule has 2 heterocycles. The van der Waals surface area contributed by atoms with Crippen molar-refractivity contribution in [2.75, 3.05) is 33.7 Å². The van der Waals surface area contributed by atoms with E-state index in [2.05, 4.69) is 21.4 Å². The van der Waals surface area contributed by atoms with E-state index in [-0.39, 0.29) is 18.0 Å². The number of aliphatic imine (C=N–C) groups is 2. The Morgan fingerprint density at radius 2 is 1.83 bits per heavy atom. The molecule has 1 saturated carbocycles. The number of nitrogens with one attached hydrogen (secondary N) is 1. The summed E-state index contributed by atoms with van der Waals surface area (Å²) in [5.74, 6) is 1.30. The molecule has 9 heteroatoms. The van der Waals surface area contributed by atoms with E-state index in [0.717, 1.165) is 54.9 Å². The molecule has 0 aromatic carbocycles. The number of carbonyl (C=O) groups excluding carboxylic acids is 2. The second kappa shape index (κ2) is 13.8. The van der Waals surface area contributed by atoms with E-state index < -0.39 is 0 Å². The topological polar surface area (TPSA) is 83.8 Å². The number of carbonyl (C=O) groups is 2. The fourth-order valence-corrected chi connectivity index (χ4v) is 4.93. The first-order chi connectivity index (χ1) is 17.3. The lowest BCUT2D eigenvalue weighted by molar-refractivity contribution is -0.126. The van der Waals surface area contributed by atoms with Crippen LogP contribution in [0.25, 0.3) is 0 Å². The first-order valence-corrected chi connectivity index (χ1v) is 13.3. The summed E-state index contributed by atoms with van der Waals surface area (Å²) in [6.07, 6.45) is 11.3. The lowest BCUT2D eigenvalue weighted by Gasteiger charge is -2.45. The van der Waals surface area contributed by atoms with Crippen molar-refractivity contribution in [3.8, 4) is 0 Å². The van der Waals surface area contributed by atoms with Crippen molar-refractivity contribution in [3.05, 3.63) is 35.2 Å². The quantitative estimate of drug-likeness (QED) is 0.455. The van der Waals surface area contributed by atoms with Gasteiger partial charge in [-0.05, 0) is 45.6 Å². The van der Waals surface area contributed by atoms with Crippen molar-refractivity contribution in [3.63, 3.8) is 0 Å². The number of urea groups is 1. The molecule has 0 bridgehead atoms. The number of guanidine groups is 1. The van der Waals surface area contributed by atoms with Gasteiger partial charge in [0, 0.05) is 39.8 Å². The second-order valence-corrected chi connectivity index (χ2v) is 9.01. The van der Waals surface area contributed by atoms with Gasteiger partial charge in [-0.1, -0.05) is 44.9 Å². The minimum atomic E-state index is -0.0344. The van der Waals surface area contributed by atoms with Gasteiger partial charge < -0.3 is 15.1 Å². The minimum absolute atomic E-state index is 0.0155. The molecule has 0 spiro atoms. The summed E-state index contributed by atoms with van der Waals surface area (Å²) in [6, 6.07) is 0.232. The van der Waals surface area contributed by atoms with E-state index >= 15 is 0 Å². The Labute approximate surface area is 217 Å². The Morgan fingerprint density at radius 3 is 2.42 bits per heavy atom. The van der Waals surface area contributed by atoms with Crippen LogP contribution < -0.4 is 5.32 Å². The largest absolute Gasteiger partial charge is 0.338 e. The predicted octanol–water partition coefficient (Wildman–Crippen LogP) is 4.52. The summed E-state index contributed by atoms with van der Waals surface area (Å²) in [6.45, 7) is 13.1. The van der Waals surface area contributed by atoms with E-state index in [4.69, 9.17) is 4.99 Å². The lowest BCUT2D eigenvalue weighted by Crippen LogP contribution is -2.62. The van der Waals surface area contributed by atoms with Crippen molar-refractivity contribution < 1.29 is 9.59 Å². The average molecular weight is 500 g/mol. The van der Waals surface area contributed by atoms with Gasteiger partial charge in [-0.15, -0.1) is 0 Å². The summed E-state index contributed by atoms with van der Waals surface area (Å²) in [5.41, 5.74) is 2.83. The van der Waals surface area contributed by atoms with Gasteiger partial charge in [0.25, 0.3) is 0 Å². The maximum absolute atomic E-state index is 12.7. The zero-order chi connectivity index (χ0) is 26.8. The first-order valence-electron chi connectivity index (χ1n) is 13.3. The van der Waals surface area contributed by atoms with Gasteiger partial charge in [0.2, 0.25) is 11.9 Å². The van der Waals surface area contributed by atoms with Crippen LogP contribution in [-0.2, 0) is 4.79 Å². The van der Waals surface area contributed by atoms with E-state index in [1.54, 1.807) is 28.8 Å². The van der Waals surface area contributed by atoms with Crippen LogP contribution in [0.5, 0.6) is 0 Å². The van der Waals surface area contributed by atoms with Crippen LogP contribution in [-0.4, -0.2) is 83.3 Å². The van der Waals surface area contributed by atoms with E-state index in [9.17, 15) is 9.59 Å². The Bertz CT molecular complexity index is 942. The third-order valence-electron chi connectivity index (χ3n) is 6.49. The Balaban J connectivity index is 0.00000222. The molecule has 3 amide bonds. The molecule has 3 rings (SSSR count). The number of nitrogens with zero attached hydrogens (tertiary/aromatic N) is 6. The molecule has 0 atom stereocenters. The Morgan fingerprint density at radius 1 is 1.17 bits per heavy atom. The molecule has 36 heavy (non-hydrogen) atoms. The van der Waals surface area contributed by atoms with Crippen LogP contribution in [0.2, 0.25) is 0 Å². The highest BCUT2D eigenvalue weighted by molar-refractivity contribution is 6.01. The molecule has 1 N–H and O–H groups in total. The number of amidine groups is 1. The summed E-state index contributed by atoms with van der Waals surface area (Å²) >= 11 is 0. The standard InChI is InChI=1S/C25H39N7O2.C2H6/c1-7-9-12-20-15-16-31(19(4)33)23(20)18(3)27-24(26-8-2)28-22-17-29(5)25(34)30(6)32(22)21-13-10-11-14-21;1-2/h7,9,12,21H,8,10-11,13-17H2,1-6H3,(H,26,27);1-2H3/b9-7-,20-12-,23-18-,28-22+;. The number of hydrogen-bond acceptors (Lipinski definition) is 3. The molecule has 0 aromatic rings. The fourth-order valence-electron chi connectivity index (χ4n) is 4.93.